The number of hydrogen-bond acceptors (Lipinski definition) is 3. The van der Waals surface area contributed by atoms with Crippen LogP contribution in [0.25, 0.3) is 0 Å². The van der Waals surface area contributed by atoms with E-state index in [0.717, 1.165) is 19.5 Å². The summed E-state index contributed by atoms with van der Waals surface area (Å²) < 4.78 is 0. The molecular formula is C9H13NO2. The predicted molar refractivity (Wildman–Crippen MR) is 43.8 cm³/mol. The van der Waals surface area contributed by atoms with E-state index in [4.69, 9.17) is 0 Å². The Labute approximate surface area is 71.7 Å². The van der Waals surface area contributed by atoms with Gasteiger partial charge in [-0.15, -0.1) is 0 Å². The topological polar surface area (TPSA) is 37.4 Å². The summed E-state index contributed by atoms with van der Waals surface area (Å²) in [6.07, 6.45) is 3.81. The number of fused-ring (bicyclic) bond motifs is 3. The minimum absolute atomic E-state index is 0.0741. The summed E-state index contributed by atoms with van der Waals surface area (Å²) >= 11 is 0. The van der Waals surface area contributed by atoms with Gasteiger partial charge in [-0.3, -0.25) is 14.5 Å². The van der Waals surface area contributed by atoms with Gasteiger partial charge in [0.1, 0.15) is 0 Å². The van der Waals surface area contributed by atoms with Gasteiger partial charge in [-0.25, -0.2) is 0 Å². The minimum Gasteiger partial charge on any atom is -0.295 e. The zero-order valence-electron chi connectivity index (χ0n) is 7.03. The smallest absolute Gasteiger partial charge is 0.212 e. The molecule has 0 aromatic rings. The maximum Gasteiger partial charge on any atom is 0.212 e. The fourth-order valence-corrected chi connectivity index (χ4v) is 2.34. The molecule has 3 nitrogen and oxygen atoms in total. The summed E-state index contributed by atoms with van der Waals surface area (Å²) in [5.74, 6) is 0.475. The van der Waals surface area contributed by atoms with Gasteiger partial charge >= 0.3 is 0 Å². The molecule has 0 aliphatic carbocycles. The van der Waals surface area contributed by atoms with E-state index in [9.17, 15) is 9.59 Å². The number of rotatable bonds is 2. The van der Waals surface area contributed by atoms with Gasteiger partial charge < -0.3 is 0 Å². The molecule has 2 bridgehead atoms. The molecule has 12 heavy (non-hydrogen) atoms. The summed E-state index contributed by atoms with van der Waals surface area (Å²) in [6.45, 7) is 2.02. The fraction of sp³-hybridized carbons (Fsp3) is 0.778. The second-order valence-corrected chi connectivity index (χ2v) is 3.75. The SMILES string of the molecule is O=CC(=O)C1CC2CCN1CC2. The molecule has 3 rings (SSSR count). The molecule has 3 heterocycles. The van der Waals surface area contributed by atoms with Crippen molar-refractivity contribution in [2.24, 2.45) is 5.92 Å². The van der Waals surface area contributed by atoms with Crippen molar-refractivity contribution in [1.82, 2.24) is 4.90 Å². The predicted octanol–water partition coefficient (Wildman–Crippen LogP) is 0.239. The van der Waals surface area contributed by atoms with Crippen LogP contribution in [0, 0.1) is 5.92 Å². The monoisotopic (exact) mass is 167 g/mol. The first kappa shape index (κ1) is 7.92. The summed E-state index contributed by atoms with van der Waals surface area (Å²) in [4.78, 5) is 23.6. The molecule has 0 aromatic heterocycles. The van der Waals surface area contributed by atoms with Crippen LogP contribution in [0.1, 0.15) is 19.3 Å². The van der Waals surface area contributed by atoms with Gasteiger partial charge in [-0.2, -0.15) is 0 Å². The van der Waals surface area contributed by atoms with Crippen LogP contribution in [0.15, 0.2) is 0 Å². The lowest BCUT2D eigenvalue weighted by molar-refractivity contribution is -0.136. The van der Waals surface area contributed by atoms with Crippen molar-refractivity contribution < 1.29 is 9.59 Å². The highest BCUT2D eigenvalue weighted by molar-refractivity contribution is 6.27. The maximum atomic E-state index is 11.1. The van der Waals surface area contributed by atoms with E-state index in [1.54, 1.807) is 0 Å². The van der Waals surface area contributed by atoms with Crippen LogP contribution in [0.3, 0.4) is 0 Å². The molecule has 0 amide bonds. The molecule has 0 N–H and O–H groups in total. The molecule has 3 heteroatoms. The fourth-order valence-electron chi connectivity index (χ4n) is 2.34. The molecule has 1 unspecified atom stereocenters. The van der Waals surface area contributed by atoms with E-state index >= 15 is 0 Å². The Morgan fingerprint density at radius 2 is 2.00 bits per heavy atom. The van der Waals surface area contributed by atoms with Crippen LogP contribution in [0.2, 0.25) is 0 Å². The van der Waals surface area contributed by atoms with Crippen molar-refractivity contribution >= 4 is 12.1 Å². The number of ketones is 1. The summed E-state index contributed by atoms with van der Waals surface area (Å²) in [7, 11) is 0. The van der Waals surface area contributed by atoms with Crippen molar-refractivity contribution in [1.29, 1.82) is 0 Å². The molecule has 0 aromatic carbocycles. The number of nitrogens with zero attached hydrogens (tertiary/aromatic N) is 1. The number of carbonyl (C=O) groups is 2. The highest BCUT2D eigenvalue weighted by Crippen LogP contribution is 2.31. The van der Waals surface area contributed by atoms with E-state index in [1.165, 1.54) is 12.8 Å². The standard InChI is InChI=1S/C9H13NO2/c11-6-9(12)8-5-7-1-3-10(8)4-2-7/h6-8H,1-5H2. The molecule has 66 valence electrons. The molecule has 3 saturated heterocycles. The third-order valence-electron chi connectivity index (χ3n) is 3.09. The largest absolute Gasteiger partial charge is 0.295 e. The first-order chi connectivity index (χ1) is 5.81. The Hall–Kier alpha value is -0.700. The van der Waals surface area contributed by atoms with Gasteiger partial charge in [0.2, 0.25) is 5.78 Å². The van der Waals surface area contributed by atoms with Crippen molar-refractivity contribution in [2.75, 3.05) is 13.1 Å². The minimum atomic E-state index is -0.223. The number of Topliss-reactive ketones (excluding diaryl/α,β-unsaturated/α-hetero) is 1. The van der Waals surface area contributed by atoms with Crippen LogP contribution in [-0.2, 0) is 9.59 Å². The number of hydrogen-bond donors (Lipinski definition) is 0. The van der Waals surface area contributed by atoms with E-state index in [1.807, 2.05) is 0 Å². The van der Waals surface area contributed by atoms with E-state index < -0.39 is 0 Å². The number of carbonyl (C=O) groups excluding carboxylic acids is 2. The first-order valence-electron chi connectivity index (χ1n) is 4.54. The Bertz CT molecular complexity index is 207. The van der Waals surface area contributed by atoms with Crippen molar-refractivity contribution in [2.45, 2.75) is 25.3 Å². The zero-order chi connectivity index (χ0) is 8.55. The summed E-state index contributed by atoms with van der Waals surface area (Å²) in [6, 6.07) is -0.0741. The molecule has 0 saturated carbocycles. The van der Waals surface area contributed by atoms with E-state index in [0.29, 0.717) is 12.2 Å². The maximum absolute atomic E-state index is 11.1. The number of piperidine rings is 3. The quantitative estimate of drug-likeness (QED) is 0.436. The van der Waals surface area contributed by atoms with Gasteiger partial charge in [-0.1, -0.05) is 0 Å². The van der Waals surface area contributed by atoms with E-state index in [2.05, 4.69) is 4.90 Å². The van der Waals surface area contributed by atoms with Gasteiger partial charge in [0, 0.05) is 0 Å². The van der Waals surface area contributed by atoms with Gasteiger partial charge in [0.05, 0.1) is 6.04 Å². The Kier molecular flexibility index (Phi) is 1.97. The van der Waals surface area contributed by atoms with Gasteiger partial charge in [0.15, 0.2) is 6.29 Å². The van der Waals surface area contributed by atoms with Crippen LogP contribution in [0.4, 0.5) is 0 Å². The molecule has 3 fully saturated rings. The molecule has 1 atom stereocenters. The molecular weight excluding hydrogens is 154 g/mol. The lowest BCUT2D eigenvalue weighted by Gasteiger charge is -2.43. The third-order valence-corrected chi connectivity index (χ3v) is 3.09. The molecule has 0 radical (unpaired) electrons. The molecule has 3 aliphatic heterocycles. The van der Waals surface area contributed by atoms with E-state index in [-0.39, 0.29) is 11.8 Å². The zero-order valence-corrected chi connectivity index (χ0v) is 7.03. The average molecular weight is 167 g/mol. The second kappa shape index (κ2) is 2.98. The van der Waals surface area contributed by atoms with Crippen molar-refractivity contribution in [3.8, 4) is 0 Å². The Balaban J connectivity index is 2.08. The van der Waals surface area contributed by atoms with Crippen LogP contribution in [0.5, 0.6) is 0 Å². The highest BCUT2D eigenvalue weighted by atomic mass is 16.2. The molecule has 0 spiro atoms. The molecule has 3 aliphatic rings. The van der Waals surface area contributed by atoms with Crippen molar-refractivity contribution in [3.63, 3.8) is 0 Å². The van der Waals surface area contributed by atoms with Gasteiger partial charge in [-0.05, 0) is 38.3 Å². The van der Waals surface area contributed by atoms with Gasteiger partial charge in [0.25, 0.3) is 0 Å². The lowest BCUT2D eigenvalue weighted by Crippen LogP contribution is -2.52. The first-order valence-corrected chi connectivity index (χ1v) is 4.54. The highest BCUT2D eigenvalue weighted by Gasteiger charge is 2.36. The Morgan fingerprint density at radius 3 is 2.42 bits per heavy atom. The van der Waals surface area contributed by atoms with Crippen LogP contribution in [-0.4, -0.2) is 36.1 Å². The van der Waals surface area contributed by atoms with Crippen LogP contribution >= 0.6 is 0 Å². The normalized spacial score (nSPS) is 39.5. The number of aldehydes is 1. The summed E-state index contributed by atoms with van der Waals surface area (Å²) in [5.41, 5.74) is 0. The van der Waals surface area contributed by atoms with Crippen molar-refractivity contribution in [3.05, 3.63) is 0 Å². The lowest BCUT2D eigenvalue weighted by atomic mass is 9.82. The van der Waals surface area contributed by atoms with Crippen LogP contribution < -0.4 is 0 Å². The Morgan fingerprint density at radius 1 is 1.33 bits per heavy atom. The average Bonchev–Trinajstić information content (AvgIpc) is 2.18. The second-order valence-electron chi connectivity index (χ2n) is 3.75. The summed E-state index contributed by atoms with van der Waals surface area (Å²) in [5, 5.41) is 0. The third kappa shape index (κ3) is 1.18.